The number of methoxy groups -OCH3 is 2. The number of piperidine rings is 1. The van der Waals surface area contributed by atoms with Crippen molar-refractivity contribution in [2.45, 2.75) is 38.1 Å². The lowest BCUT2D eigenvalue weighted by atomic mass is 9.93. The number of hydrogen-bond donors (Lipinski definition) is 1. The van der Waals surface area contributed by atoms with Crippen LogP contribution in [-0.2, 0) is 9.59 Å². The normalized spacial score (nSPS) is 28.4. The number of aliphatic carboxylic acids is 1. The van der Waals surface area contributed by atoms with Gasteiger partial charge in [-0.15, -0.1) is 0 Å². The molecule has 1 N–H and O–H groups in total. The fraction of sp³-hybridized carbons (Fsp3) is 0.579. The first-order valence-electron chi connectivity index (χ1n) is 8.71. The first kappa shape index (κ1) is 17.6. The van der Waals surface area contributed by atoms with Crippen molar-refractivity contribution in [3.8, 4) is 11.5 Å². The molecule has 1 saturated carbocycles. The number of carboxylic acid groups (broad SMARTS) is 1. The molecule has 6 heteroatoms. The molecule has 0 radical (unpaired) electrons. The van der Waals surface area contributed by atoms with E-state index in [0.29, 0.717) is 13.0 Å². The van der Waals surface area contributed by atoms with Crippen molar-refractivity contribution < 1.29 is 24.2 Å². The lowest BCUT2D eigenvalue weighted by Crippen LogP contribution is -2.48. The van der Waals surface area contributed by atoms with E-state index in [0.717, 1.165) is 29.9 Å². The number of carbonyl (C=O) groups excluding carboxylic acids is 1. The van der Waals surface area contributed by atoms with E-state index in [4.69, 9.17) is 9.47 Å². The van der Waals surface area contributed by atoms with E-state index in [1.807, 2.05) is 25.1 Å². The number of likely N-dealkylation sites (tertiary alicyclic amines) is 1. The minimum atomic E-state index is -0.813. The highest BCUT2D eigenvalue weighted by molar-refractivity contribution is 5.84. The number of hydrogen-bond acceptors (Lipinski definition) is 4. The SMILES string of the molecule is COc1ccc(OC)c(C2CC2C(=O)N2CC(C(=O)O)CCC2C)c1. The largest absolute Gasteiger partial charge is 0.497 e. The van der Waals surface area contributed by atoms with Gasteiger partial charge in [-0.05, 0) is 44.4 Å². The molecule has 0 spiro atoms. The Morgan fingerprint density at radius 2 is 1.96 bits per heavy atom. The maximum atomic E-state index is 12.9. The van der Waals surface area contributed by atoms with Gasteiger partial charge in [0.15, 0.2) is 0 Å². The number of nitrogens with zero attached hydrogens (tertiary/aromatic N) is 1. The highest BCUT2D eigenvalue weighted by Crippen LogP contribution is 2.52. The molecule has 2 fully saturated rings. The average Bonchev–Trinajstić information content (AvgIpc) is 3.41. The summed E-state index contributed by atoms with van der Waals surface area (Å²) in [5.74, 6) is 0.303. The van der Waals surface area contributed by atoms with Gasteiger partial charge >= 0.3 is 5.97 Å². The van der Waals surface area contributed by atoms with Crippen molar-refractivity contribution in [2.24, 2.45) is 11.8 Å². The summed E-state index contributed by atoms with van der Waals surface area (Å²) in [6.45, 7) is 2.31. The van der Waals surface area contributed by atoms with Crippen LogP contribution >= 0.6 is 0 Å². The van der Waals surface area contributed by atoms with Gasteiger partial charge in [0.1, 0.15) is 11.5 Å². The van der Waals surface area contributed by atoms with E-state index < -0.39 is 11.9 Å². The standard InChI is InChI=1S/C19H25NO5/c1-11-4-5-12(19(22)23)10-20(11)18(21)16-9-14(16)15-8-13(24-2)6-7-17(15)25-3/h6-8,11-12,14,16H,4-5,9-10H2,1-3H3,(H,22,23). The monoisotopic (exact) mass is 347 g/mol. The molecule has 1 heterocycles. The molecule has 0 bridgehead atoms. The minimum absolute atomic E-state index is 0.0633. The van der Waals surface area contributed by atoms with Crippen LogP contribution in [0.3, 0.4) is 0 Å². The van der Waals surface area contributed by atoms with Crippen molar-refractivity contribution in [3.05, 3.63) is 23.8 Å². The van der Waals surface area contributed by atoms with Gasteiger partial charge in [-0.1, -0.05) is 0 Å². The van der Waals surface area contributed by atoms with E-state index in [1.165, 1.54) is 0 Å². The van der Waals surface area contributed by atoms with Crippen LogP contribution in [0, 0.1) is 11.8 Å². The summed E-state index contributed by atoms with van der Waals surface area (Å²) >= 11 is 0. The molecule has 1 aromatic rings. The number of ether oxygens (including phenoxy) is 2. The lowest BCUT2D eigenvalue weighted by molar-refractivity contribution is -0.147. The molecule has 2 aliphatic rings. The Morgan fingerprint density at radius 3 is 2.60 bits per heavy atom. The molecule has 136 valence electrons. The summed E-state index contributed by atoms with van der Waals surface area (Å²) < 4.78 is 10.7. The van der Waals surface area contributed by atoms with Crippen LogP contribution < -0.4 is 9.47 Å². The zero-order valence-corrected chi connectivity index (χ0v) is 14.9. The molecule has 1 saturated heterocycles. The quantitative estimate of drug-likeness (QED) is 0.886. The Bertz CT molecular complexity index is 674. The van der Waals surface area contributed by atoms with Crippen LogP contribution in [0.1, 0.15) is 37.7 Å². The van der Waals surface area contributed by atoms with Crippen LogP contribution in [0.5, 0.6) is 11.5 Å². The van der Waals surface area contributed by atoms with Gasteiger partial charge < -0.3 is 19.5 Å². The minimum Gasteiger partial charge on any atom is -0.497 e. The topological polar surface area (TPSA) is 76.1 Å². The van der Waals surface area contributed by atoms with E-state index in [1.54, 1.807) is 19.1 Å². The maximum Gasteiger partial charge on any atom is 0.308 e. The Kier molecular flexibility index (Phi) is 4.88. The summed E-state index contributed by atoms with van der Waals surface area (Å²) in [6.07, 6.45) is 2.14. The zero-order chi connectivity index (χ0) is 18.1. The van der Waals surface area contributed by atoms with Crippen molar-refractivity contribution in [1.29, 1.82) is 0 Å². The second-order valence-electron chi connectivity index (χ2n) is 7.01. The van der Waals surface area contributed by atoms with E-state index in [9.17, 15) is 14.7 Å². The first-order chi connectivity index (χ1) is 12.0. The lowest BCUT2D eigenvalue weighted by Gasteiger charge is -2.36. The number of amides is 1. The molecule has 4 atom stereocenters. The van der Waals surface area contributed by atoms with Gasteiger partial charge in [0, 0.05) is 30.0 Å². The summed E-state index contributed by atoms with van der Waals surface area (Å²) in [5.41, 5.74) is 0.986. The van der Waals surface area contributed by atoms with Gasteiger partial charge in [0.05, 0.1) is 20.1 Å². The Labute approximate surface area is 147 Å². The molecular weight excluding hydrogens is 322 g/mol. The molecule has 3 rings (SSSR count). The number of benzene rings is 1. The van der Waals surface area contributed by atoms with Gasteiger partial charge in [0.25, 0.3) is 0 Å². The van der Waals surface area contributed by atoms with Crippen LogP contribution in [-0.4, -0.2) is 48.7 Å². The van der Waals surface area contributed by atoms with Crippen molar-refractivity contribution >= 4 is 11.9 Å². The molecule has 1 amide bonds. The summed E-state index contributed by atoms with van der Waals surface area (Å²) in [5, 5.41) is 9.27. The second-order valence-corrected chi connectivity index (χ2v) is 7.01. The third-order valence-corrected chi connectivity index (χ3v) is 5.46. The molecule has 1 aliphatic heterocycles. The highest BCUT2D eigenvalue weighted by atomic mass is 16.5. The smallest absolute Gasteiger partial charge is 0.308 e. The molecule has 4 unspecified atom stereocenters. The summed E-state index contributed by atoms with van der Waals surface area (Å²) in [4.78, 5) is 26.0. The second kappa shape index (κ2) is 6.94. The van der Waals surface area contributed by atoms with E-state index >= 15 is 0 Å². The highest BCUT2D eigenvalue weighted by Gasteiger charge is 2.49. The van der Waals surface area contributed by atoms with Gasteiger partial charge in [0.2, 0.25) is 5.91 Å². The van der Waals surface area contributed by atoms with E-state index in [2.05, 4.69) is 0 Å². The van der Waals surface area contributed by atoms with Crippen molar-refractivity contribution in [2.75, 3.05) is 20.8 Å². The Balaban J connectivity index is 1.74. The Morgan fingerprint density at radius 1 is 1.20 bits per heavy atom. The predicted octanol–water partition coefficient (Wildman–Crippen LogP) is 2.52. The fourth-order valence-electron chi connectivity index (χ4n) is 3.77. The van der Waals surface area contributed by atoms with Gasteiger partial charge in [-0.25, -0.2) is 0 Å². The first-order valence-corrected chi connectivity index (χ1v) is 8.71. The predicted molar refractivity (Wildman–Crippen MR) is 91.9 cm³/mol. The summed E-state index contributed by atoms with van der Waals surface area (Å²) in [7, 11) is 3.23. The van der Waals surface area contributed by atoms with E-state index in [-0.39, 0.29) is 23.8 Å². The fourth-order valence-corrected chi connectivity index (χ4v) is 3.77. The maximum absolute atomic E-state index is 12.9. The van der Waals surface area contributed by atoms with Gasteiger partial charge in [-0.3, -0.25) is 9.59 Å². The molecule has 1 aromatic carbocycles. The zero-order valence-electron chi connectivity index (χ0n) is 14.9. The molecule has 25 heavy (non-hydrogen) atoms. The van der Waals surface area contributed by atoms with Crippen LogP contribution in [0.25, 0.3) is 0 Å². The molecular formula is C19H25NO5. The number of carbonyl (C=O) groups is 2. The third-order valence-electron chi connectivity index (χ3n) is 5.46. The van der Waals surface area contributed by atoms with Gasteiger partial charge in [-0.2, -0.15) is 0 Å². The third kappa shape index (κ3) is 3.43. The summed E-state index contributed by atoms with van der Waals surface area (Å²) in [6, 6.07) is 5.72. The van der Waals surface area contributed by atoms with Crippen molar-refractivity contribution in [3.63, 3.8) is 0 Å². The van der Waals surface area contributed by atoms with Crippen molar-refractivity contribution in [1.82, 2.24) is 4.90 Å². The van der Waals surface area contributed by atoms with Crippen LogP contribution in [0.2, 0.25) is 0 Å². The molecule has 6 nitrogen and oxygen atoms in total. The number of rotatable bonds is 5. The number of carboxylic acids is 1. The Hall–Kier alpha value is -2.24. The van der Waals surface area contributed by atoms with Crippen LogP contribution in [0.15, 0.2) is 18.2 Å². The average molecular weight is 347 g/mol. The van der Waals surface area contributed by atoms with Crippen LogP contribution in [0.4, 0.5) is 0 Å². The molecule has 1 aliphatic carbocycles. The molecule has 0 aromatic heterocycles.